The van der Waals surface area contributed by atoms with Gasteiger partial charge < -0.3 is 15.6 Å². The quantitative estimate of drug-likeness (QED) is 0.248. The molecule has 0 radical (unpaired) electrons. The number of hydrogen-bond acceptors (Lipinski definition) is 11. The Labute approximate surface area is 201 Å². The highest BCUT2D eigenvalue weighted by Gasteiger charge is 2.56. The molecular formula is C24H26N4O7. The molecule has 2 unspecified atom stereocenters. The molecule has 0 fully saturated rings. The molecule has 184 valence electrons. The average Bonchev–Trinajstić information content (AvgIpc) is 2.76. The van der Waals surface area contributed by atoms with Gasteiger partial charge in [-0.25, -0.2) is 9.59 Å². The van der Waals surface area contributed by atoms with Gasteiger partial charge in [0.2, 0.25) is 11.1 Å². The van der Waals surface area contributed by atoms with E-state index in [0.717, 1.165) is 27.7 Å². The van der Waals surface area contributed by atoms with Crippen LogP contribution in [-0.4, -0.2) is 69.7 Å². The summed E-state index contributed by atoms with van der Waals surface area (Å²) in [5.74, 6) is -7.40. The van der Waals surface area contributed by atoms with Crippen LogP contribution < -0.4 is 10.6 Å². The van der Waals surface area contributed by atoms with Crippen LogP contribution in [0, 0.1) is 10.8 Å². The van der Waals surface area contributed by atoms with Gasteiger partial charge in [0, 0.05) is 0 Å². The maximum Gasteiger partial charge on any atom is 0.349 e. The van der Waals surface area contributed by atoms with Gasteiger partial charge in [-0.2, -0.15) is 0 Å². The zero-order chi connectivity index (χ0) is 26.6. The molecule has 0 bridgehead atoms. The fourth-order valence-corrected chi connectivity index (χ4v) is 3.63. The summed E-state index contributed by atoms with van der Waals surface area (Å²) in [6, 6.07) is -2.09. The zero-order valence-electron chi connectivity index (χ0n) is 19.6. The second-order valence-electron chi connectivity index (χ2n) is 8.04. The van der Waals surface area contributed by atoms with Crippen molar-refractivity contribution in [3.63, 3.8) is 0 Å². The molecule has 0 aliphatic heterocycles. The molecule has 0 heterocycles. The number of ether oxygens (including phenoxy) is 1. The number of hydrogen-bond donors (Lipinski definition) is 4. The Kier molecular flexibility index (Phi) is 8.21. The number of rotatable bonds is 10. The van der Waals surface area contributed by atoms with E-state index in [9.17, 15) is 28.8 Å². The second-order valence-corrected chi connectivity index (χ2v) is 8.04. The van der Waals surface area contributed by atoms with E-state index in [-0.39, 0.29) is 11.4 Å². The van der Waals surface area contributed by atoms with Crippen LogP contribution >= 0.6 is 0 Å². The summed E-state index contributed by atoms with van der Waals surface area (Å²) in [6.45, 7) is 3.70. The lowest BCUT2D eigenvalue weighted by molar-refractivity contribution is -0.171. The largest absolute Gasteiger partial charge is 0.389 e. The van der Waals surface area contributed by atoms with Gasteiger partial charge in [0.25, 0.3) is 0 Å². The molecule has 11 heteroatoms. The zero-order valence-corrected chi connectivity index (χ0v) is 19.6. The SMILES string of the molecule is CC(=O)C(NC1C=CC=CC1=N)(C(C)=O)C(=O)OC(=O)C(NC1C=CC=CC1=N)(C(C)=O)C(C)=O. The molecule has 2 aliphatic carbocycles. The van der Waals surface area contributed by atoms with Gasteiger partial charge in [-0.1, -0.05) is 36.5 Å². The van der Waals surface area contributed by atoms with Crippen molar-refractivity contribution in [2.45, 2.75) is 50.9 Å². The van der Waals surface area contributed by atoms with E-state index in [0.29, 0.717) is 0 Å². The predicted octanol–water partition coefficient (Wildman–Crippen LogP) is 0.0977. The molecule has 2 atom stereocenters. The van der Waals surface area contributed by atoms with Crippen LogP contribution in [0.25, 0.3) is 0 Å². The predicted molar refractivity (Wildman–Crippen MR) is 125 cm³/mol. The summed E-state index contributed by atoms with van der Waals surface area (Å²) in [5, 5.41) is 21.0. The molecule has 0 amide bonds. The molecule has 2 aliphatic rings. The Balaban J connectivity index is 2.48. The van der Waals surface area contributed by atoms with Crippen molar-refractivity contribution in [1.82, 2.24) is 10.6 Å². The smallest absolute Gasteiger partial charge is 0.349 e. The highest BCUT2D eigenvalue weighted by Crippen LogP contribution is 2.20. The van der Waals surface area contributed by atoms with Crippen molar-refractivity contribution in [3.05, 3.63) is 48.6 Å². The summed E-state index contributed by atoms with van der Waals surface area (Å²) in [6.07, 6.45) is 11.7. The van der Waals surface area contributed by atoms with Crippen molar-refractivity contribution >= 4 is 46.5 Å². The van der Waals surface area contributed by atoms with Crippen LogP contribution in [0.3, 0.4) is 0 Å². The Hall–Kier alpha value is -3.96. The Morgan fingerprint density at radius 1 is 0.657 bits per heavy atom. The third-order valence-corrected chi connectivity index (χ3v) is 5.71. The summed E-state index contributed by atoms with van der Waals surface area (Å²) < 4.78 is 4.87. The van der Waals surface area contributed by atoms with Crippen molar-refractivity contribution in [2.75, 3.05) is 0 Å². The van der Waals surface area contributed by atoms with Crippen LogP contribution in [0.2, 0.25) is 0 Å². The molecule has 0 aromatic rings. The lowest BCUT2D eigenvalue weighted by atomic mass is 9.86. The van der Waals surface area contributed by atoms with Gasteiger partial charge in [0.15, 0.2) is 23.1 Å². The van der Waals surface area contributed by atoms with Gasteiger partial charge in [-0.05, 0) is 39.8 Å². The van der Waals surface area contributed by atoms with Gasteiger partial charge in [0.05, 0.1) is 23.5 Å². The van der Waals surface area contributed by atoms with E-state index in [1.165, 1.54) is 48.6 Å². The molecule has 4 N–H and O–H groups in total. The van der Waals surface area contributed by atoms with Crippen molar-refractivity contribution < 1.29 is 33.5 Å². The standard InChI is InChI=1S/C24H26N4O7/c1-13(29)23(14(2)30,27-19-11-7-5-9-17(19)25)21(33)35-22(34)24(15(3)31,16(4)32)28-20-12-8-6-10-18(20)26/h5-12,19-20,25-28H,1-4H3. The van der Waals surface area contributed by atoms with Crippen LogP contribution in [-0.2, 0) is 33.5 Å². The van der Waals surface area contributed by atoms with Crippen LogP contribution in [0.1, 0.15) is 27.7 Å². The maximum atomic E-state index is 13.2. The van der Waals surface area contributed by atoms with Crippen LogP contribution in [0.5, 0.6) is 0 Å². The summed E-state index contributed by atoms with van der Waals surface area (Å²) in [4.78, 5) is 76.8. The van der Waals surface area contributed by atoms with Crippen molar-refractivity contribution in [2.24, 2.45) is 0 Å². The average molecular weight is 482 g/mol. The first-order valence-corrected chi connectivity index (χ1v) is 10.5. The third-order valence-electron chi connectivity index (χ3n) is 5.71. The van der Waals surface area contributed by atoms with Gasteiger partial charge in [-0.3, -0.25) is 29.8 Å². The summed E-state index contributed by atoms with van der Waals surface area (Å²) in [5.41, 5.74) is -5.53. The minimum absolute atomic E-state index is 0.0716. The highest BCUT2D eigenvalue weighted by molar-refractivity contribution is 6.32. The minimum atomic E-state index is -2.69. The van der Waals surface area contributed by atoms with Crippen LogP contribution in [0.4, 0.5) is 0 Å². The molecule has 35 heavy (non-hydrogen) atoms. The normalized spacial score (nSPS) is 19.4. The van der Waals surface area contributed by atoms with Crippen LogP contribution in [0.15, 0.2) is 48.6 Å². The van der Waals surface area contributed by atoms with Crippen molar-refractivity contribution in [1.29, 1.82) is 10.8 Å². The Bertz CT molecular complexity index is 1030. The molecule has 11 nitrogen and oxygen atoms in total. The van der Waals surface area contributed by atoms with Gasteiger partial charge in [0.1, 0.15) is 0 Å². The summed E-state index contributed by atoms with van der Waals surface area (Å²) in [7, 11) is 0. The van der Waals surface area contributed by atoms with Gasteiger partial charge >= 0.3 is 11.9 Å². The van der Waals surface area contributed by atoms with E-state index >= 15 is 0 Å². The number of carbonyl (C=O) groups excluding carboxylic acids is 6. The van der Waals surface area contributed by atoms with Crippen molar-refractivity contribution in [3.8, 4) is 0 Å². The molecule has 0 aromatic carbocycles. The van der Waals surface area contributed by atoms with E-state index in [4.69, 9.17) is 15.6 Å². The Morgan fingerprint density at radius 3 is 1.23 bits per heavy atom. The molecule has 2 rings (SSSR count). The number of carbonyl (C=O) groups is 6. The fraction of sp³-hybridized carbons (Fsp3) is 0.333. The lowest BCUT2D eigenvalue weighted by Gasteiger charge is -2.34. The second kappa shape index (κ2) is 10.5. The molecule has 0 aromatic heterocycles. The number of esters is 2. The fourth-order valence-electron chi connectivity index (χ4n) is 3.63. The summed E-state index contributed by atoms with van der Waals surface area (Å²) >= 11 is 0. The van der Waals surface area contributed by atoms with E-state index < -0.39 is 58.2 Å². The molecule has 0 saturated heterocycles. The number of allylic oxidation sites excluding steroid dienone is 4. The number of nitrogens with one attached hydrogen (secondary N) is 4. The number of ketones is 4. The lowest BCUT2D eigenvalue weighted by Crippen LogP contribution is -2.70. The first-order chi connectivity index (χ1) is 16.3. The molecule has 0 saturated carbocycles. The van der Waals surface area contributed by atoms with Gasteiger partial charge in [-0.15, -0.1) is 0 Å². The van der Waals surface area contributed by atoms with E-state index in [2.05, 4.69) is 10.6 Å². The maximum absolute atomic E-state index is 13.2. The third kappa shape index (κ3) is 5.10. The first kappa shape index (κ1) is 27.3. The monoisotopic (exact) mass is 482 g/mol. The number of Topliss-reactive ketones (excluding diaryl/α,β-unsaturated/α-hetero) is 4. The highest BCUT2D eigenvalue weighted by atomic mass is 16.6. The first-order valence-electron chi connectivity index (χ1n) is 10.5. The van der Waals surface area contributed by atoms with E-state index in [1.807, 2.05) is 0 Å². The topological polar surface area (TPSA) is 183 Å². The molecular weight excluding hydrogens is 456 g/mol. The minimum Gasteiger partial charge on any atom is -0.389 e. The Morgan fingerprint density at radius 2 is 0.971 bits per heavy atom. The molecule has 0 spiro atoms. The van der Waals surface area contributed by atoms with E-state index in [1.54, 1.807) is 0 Å².